The molecule has 0 radical (unpaired) electrons. The molecule has 0 saturated carbocycles. The first-order valence-corrected chi connectivity index (χ1v) is 7.35. The lowest BCUT2D eigenvalue weighted by Crippen LogP contribution is -2.31. The van der Waals surface area contributed by atoms with Crippen LogP contribution < -0.4 is 0 Å². The van der Waals surface area contributed by atoms with Crippen molar-refractivity contribution in [2.24, 2.45) is 0 Å². The summed E-state index contributed by atoms with van der Waals surface area (Å²) in [5.41, 5.74) is 1.53. The van der Waals surface area contributed by atoms with E-state index in [-0.39, 0.29) is 18.0 Å². The molecule has 0 spiro atoms. The fraction of sp³-hybridized carbons (Fsp3) is 0.267. The minimum Gasteiger partial charge on any atom is -0.361 e. The number of aromatic amines is 1. The van der Waals surface area contributed by atoms with Crippen molar-refractivity contribution in [1.29, 1.82) is 0 Å². The Bertz CT molecular complexity index is 871. The van der Waals surface area contributed by atoms with Crippen LogP contribution in [0.25, 0.3) is 10.9 Å². The second-order valence-corrected chi connectivity index (χ2v) is 5.49. The van der Waals surface area contributed by atoms with Crippen LogP contribution in [0.2, 0.25) is 0 Å². The van der Waals surface area contributed by atoms with Crippen LogP contribution in [0.1, 0.15) is 5.56 Å². The molecule has 0 atom stereocenters. The number of benzene rings is 1. The maximum absolute atomic E-state index is 12.4. The number of H-pyrrole nitrogens is 1. The second kappa shape index (κ2) is 6.49. The topological polar surface area (TPSA) is 110 Å². The van der Waals surface area contributed by atoms with Gasteiger partial charge in [0, 0.05) is 49.4 Å². The zero-order chi connectivity index (χ0) is 17.1. The predicted octanol–water partition coefficient (Wildman–Crippen LogP) is 1.37. The molecule has 1 amide bonds. The number of amides is 1. The van der Waals surface area contributed by atoms with Gasteiger partial charge in [0.25, 0.3) is 5.69 Å². The van der Waals surface area contributed by atoms with Crippen LogP contribution >= 0.6 is 0 Å². The Kier molecular flexibility index (Phi) is 4.23. The quantitative estimate of drug-likeness (QED) is 0.543. The van der Waals surface area contributed by atoms with E-state index >= 15 is 0 Å². The first-order chi connectivity index (χ1) is 11.5. The predicted molar refractivity (Wildman–Crippen MR) is 86.3 cm³/mol. The van der Waals surface area contributed by atoms with Gasteiger partial charge in [-0.15, -0.1) is 10.2 Å². The van der Waals surface area contributed by atoms with Crippen molar-refractivity contribution in [1.82, 2.24) is 24.6 Å². The molecule has 1 aromatic carbocycles. The number of nitrogens with zero attached hydrogens (tertiary/aromatic N) is 5. The van der Waals surface area contributed by atoms with E-state index in [9.17, 15) is 14.9 Å². The van der Waals surface area contributed by atoms with E-state index in [2.05, 4.69) is 15.2 Å². The first kappa shape index (κ1) is 15.7. The number of fused-ring (bicyclic) bond motifs is 1. The molecule has 2 heterocycles. The molecule has 1 N–H and O–H groups in total. The average Bonchev–Trinajstić information content (AvgIpc) is 3.22. The summed E-state index contributed by atoms with van der Waals surface area (Å²) in [6.07, 6.45) is 5.09. The maximum Gasteiger partial charge on any atom is 0.270 e. The number of hydrogen-bond acceptors (Lipinski definition) is 5. The van der Waals surface area contributed by atoms with Gasteiger partial charge in [-0.1, -0.05) is 0 Å². The highest BCUT2D eigenvalue weighted by atomic mass is 16.6. The van der Waals surface area contributed by atoms with Crippen LogP contribution in [-0.4, -0.2) is 49.1 Å². The van der Waals surface area contributed by atoms with Crippen molar-refractivity contribution in [2.45, 2.75) is 13.0 Å². The second-order valence-electron chi connectivity index (χ2n) is 5.49. The van der Waals surface area contributed by atoms with Crippen molar-refractivity contribution in [3.8, 4) is 0 Å². The zero-order valence-electron chi connectivity index (χ0n) is 13.0. The van der Waals surface area contributed by atoms with Crippen molar-refractivity contribution in [2.75, 3.05) is 13.6 Å². The first-order valence-electron chi connectivity index (χ1n) is 7.35. The molecule has 2 aromatic heterocycles. The lowest BCUT2D eigenvalue weighted by Gasteiger charge is -2.17. The molecule has 9 heteroatoms. The number of rotatable bonds is 6. The minimum atomic E-state index is -0.441. The highest BCUT2D eigenvalue weighted by Gasteiger charge is 2.15. The number of carbonyl (C=O) groups excluding carboxylic acids is 1. The summed E-state index contributed by atoms with van der Waals surface area (Å²) in [6.45, 7) is 1.13. The van der Waals surface area contributed by atoms with Gasteiger partial charge < -0.3 is 14.5 Å². The summed E-state index contributed by atoms with van der Waals surface area (Å²) >= 11 is 0. The number of nitrogens with one attached hydrogen (secondary N) is 1. The van der Waals surface area contributed by atoms with Gasteiger partial charge in [0.15, 0.2) is 0 Å². The number of nitro benzene ring substituents is 1. The molecule has 24 heavy (non-hydrogen) atoms. The van der Waals surface area contributed by atoms with E-state index in [4.69, 9.17) is 0 Å². The van der Waals surface area contributed by atoms with Crippen LogP contribution in [0.15, 0.2) is 37.1 Å². The largest absolute Gasteiger partial charge is 0.361 e. The molecular formula is C15H16N6O3. The summed E-state index contributed by atoms with van der Waals surface area (Å²) in [4.78, 5) is 27.5. The lowest BCUT2D eigenvalue weighted by atomic mass is 10.1. The molecule has 3 rings (SSSR count). The number of nitro groups is 1. The molecule has 0 aliphatic heterocycles. The molecule has 0 fully saturated rings. The van der Waals surface area contributed by atoms with Gasteiger partial charge in [-0.25, -0.2) is 0 Å². The van der Waals surface area contributed by atoms with Crippen LogP contribution in [0.4, 0.5) is 5.69 Å². The molecule has 9 nitrogen and oxygen atoms in total. The van der Waals surface area contributed by atoms with E-state index in [1.807, 2.05) is 0 Å². The molecule has 124 valence electrons. The van der Waals surface area contributed by atoms with Gasteiger partial charge in [0.2, 0.25) is 5.91 Å². The average molecular weight is 328 g/mol. The Hall–Kier alpha value is -3.23. The number of carbonyl (C=O) groups is 1. The third-order valence-corrected chi connectivity index (χ3v) is 3.89. The summed E-state index contributed by atoms with van der Waals surface area (Å²) in [5, 5.41) is 19.0. The maximum atomic E-state index is 12.4. The molecule has 0 bridgehead atoms. The number of aromatic nitrogens is 4. The summed E-state index contributed by atoms with van der Waals surface area (Å²) < 4.78 is 1.79. The smallest absolute Gasteiger partial charge is 0.270 e. The van der Waals surface area contributed by atoms with Gasteiger partial charge in [-0.2, -0.15) is 0 Å². The highest BCUT2D eigenvalue weighted by Crippen LogP contribution is 2.24. The third-order valence-electron chi connectivity index (χ3n) is 3.89. The van der Waals surface area contributed by atoms with E-state index in [0.29, 0.717) is 18.5 Å². The van der Waals surface area contributed by atoms with E-state index < -0.39 is 4.92 Å². The monoisotopic (exact) mass is 328 g/mol. The molecular weight excluding hydrogens is 312 g/mol. The summed E-state index contributed by atoms with van der Waals surface area (Å²) in [6, 6.07) is 4.58. The van der Waals surface area contributed by atoms with E-state index in [1.165, 1.54) is 12.1 Å². The number of hydrogen-bond donors (Lipinski definition) is 1. The summed E-state index contributed by atoms with van der Waals surface area (Å²) in [7, 11) is 1.73. The Balaban J connectivity index is 1.70. The van der Waals surface area contributed by atoms with Crippen LogP contribution in [0.5, 0.6) is 0 Å². The minimum absolute atomic E-state index is 0.0109. The highest BCUT2D eigenvalue weighted by molar-refractivity contribution is 5.90. The van der Waals surface area contributed by atoms with Crippen molar-refractivity contribution >= 4 is 22.5 Å². The number of non-ortho nitro benzene ring substituents is 1. The molecule has 0 unspecified atom stereocenters. The normalized spacial score (nSPS) is 10.9. The van der Waals surface area contributed by atoms with E-state index in [0.717, 1.165) is 11.1 Å². The molecule has 0 aliphatic carbocycles. The van der Waals surface area contributed by atoms with Gasteiger partial charge in [-0.3, -0.25) is 14.9 Å². The molecule has 0 aliphatic rings. The standard InChI is InChI=1S/C15H16N6O3/c1-19(4-5-20-9-17-18-10-20)15(22)6-11-8-16-14-3-2-12(21(23)24)7-13(11)14/h2-3,7-10,16H,4-6H2,1H3. The Labute approximate surface area is 137 Å². The number of likely N-dealkylation sites (N-methyl/N-ethyl adjacent to an activating group) is 1. The molecule has 3 aromatic rings. The third kappa shape index (κ3) is 3.24. The Morgan fingerprint density at radius 2 is 2.12 bits per heavy atom. The van der Waals surface area contributed by atoms with Crippen LogP contribution in [-0.2, 0) is 17.8 Å². The summed E-state index contributed by atoms with van der Waals surface area (Å²) in [5.74, 6) is -0.0597. The fourth-order valence-electron chi connectivity index (χ4n) is 2.45. The fourth-order valence-corrected chi connectivity index (χ4v) is 2.45. The SMILES string of the molecule is CN(CCn1cnnc1)C(=O)Cc1c[nH]c2ccc([N+](=O)[O-])cc12. The van der Waals surface area contributed by atoms with Crippen LogP contribution in [0.3, 0.4) is 0 Å². The van der Waals surface area contributed by atoms with Crippen molar-refractivity contribution in [3.63, 3.8) is 0 Å². The lowest BCUT2D eigenvalue weighted by molar-refractivity contribution is -0.384. The van der Waals surface area contributed by atoms with Crippen LogP contribution in [0, 0.1) is 10.1 Å². The van der Waals surface area contributed by atoms with Gasteiger partial charge >= 0.3 is 0 Å². The van der Waals surface area contributed by atoms with E-state index in [1.54, 1.807) is 41.4 Å². The van der Waals surface area contributed by atoms with Gasteiger partial charge in [0.1, 0.15) is 12.7 Å². The van der Waals surface area contributed by atoms with Gasteiger partial charge in [-0.05, 0) is 11.6 Å². The molecule has 0 saturated heterocycles. The van der Waals surface area contributed by atoms with Crippen molar-refractivity contribution < 1.29 is 9.72 Å². The zero-order valence-corrected chi connectivity index (χ0v) is 13.0. The van der Waals surface area contributed by atoms with Crippen molar-refractivity contribution in [3.05, 3.63) is 52.7 Å². The van der Waals surface area contributed by atoms with Gasteiger partial charge in [0.05, 0.1) is 11.3 Å². The Morgan fingerprint density at radius 3 is 2.83 bits per heavy atom. The Morgan fingerprint density at radius 1 is 1.38 bits per heavy atom.